The molecule has 142 valence electrons. The van der Waals surface area contributed by atoms with Crippen molar-refractivity contribution in [3.63, 3.8) is 0 Å². The van der Waals surface area contributed by atoms with Gasteiger partial charge in [0.2, 0.25) is 0 Å². The van der Waals surface area contributed by atoms with Gasteiger partial charge in [-0.15, -0.1) is 16.9 Å². The Morgan fingerprint density at radius 3 is 2.76 bits per heavy atom. The molecule has 0 aliphatic heterocycles. The average molecular weight is 400 g/mol. The van der Waals surface area contributed by atoms with Crippen molar-refractivity contribution in [1.29, 1.82) is 5.26 Å². The first-order valence-electron chi connectivity index (χ1n) is 8.74. The van der Waals surface area contributed by atoms with Crippen LogP contribution in [0.2, 0.25) is 0 Å². The van der Waals surface area contributed by atoms with Crippen molar-refractivity contribution >= 4 is 46.2 Å². The Morgan fingerprint density at radius 2 is 2.07 bits per heavy atom. The lowest BCUT2D eigenvalue weighted by Gasteiger charge is -2.07. The Balaban J connectivity index is 1.64. The number of nitrogens with one attached hydrogen (secondary N) is 2. The largest absolute Gasteiger partial charge is 0.367 e. The Hall–Kier alpha value is -3.83. The highest BCUT2D eigenvalue weighted by Gasteiger charge is 2.12. The monoisotopic (exact) mass is 400 g/mol. The summed E-state index contributed by atoms with van der Waals surface area (Å²) in [6.07, 6.45) is 7.26. The number of hydrogen-bond acceptors (Lipinski definition) is 5. The molecule has 0 saturated carbocycles. The normalized spacial score (nSPS) is 11.4. The van der Waals surface area contributed by atoms with Crippen LogP contribution in [-0.2, 0) is 0 Å². The minimum Gasteiger partial charge on any atom is -0.367 e. The van der Waals surface area contributed by atoms with Crippen LogP contribution in [0.25, 0.3) is 22.8 Å². The van der Waals surface area contributed by atoms with Crippen molar-refractivity contribution in [1.82, 2.24) is 20.0 Å². The number of rotatable bonds is 5. The second kappa shape index (κ2) is 8.04. The van der Waals surface area contributed by atoms with Gasteiger partial charge in [0.05, 0.1) is 5.52 Å². The number of benzene rings is 2. The Morgan fingerprint density at radius 1 is 1.24 bits per heavy atom. The van der Waals surface area contributed by atoms with Crippen molar-refractivity contribution in [2.45, 2.75) is 4.90 Å². The zero-order chi connectivity index (χ0) is 20.2. The molecular formula is C21H16N6OS. The van der Waals surface area contributed by atoms with Gasteiger partial charge in [-0.05, 0) is 66.4 Å². The standard InChI is InChI=1S/C21H16N6OS/c1-29-18-5-2-15(3-6-18)21(28)24-16-4-7-19-20(11-16)27(26-25-19)17(12-22)10-14-8-9-23-13-14/h2-11,13,23H,1H3,(H,24,28)/b17-10+. The van der Waals surface area contributed by atoms with Crippen LogP contribution < -0.4 is 5.32 Å². The van der Waals surface area contributed by atoms with Crippen molar-refractivity contribution in [3.05, 3.63) is 72.1 Å². The summed E-state index contributed by atoms with van der Waals surface area (Å²) < 4.78 is 1.46. The third kappa shape index (κ3) is 3.90. The first kappa shape index (κ1) is 18.5. The maximum absolute atomic E-state index is 12.6. The molecule has 0 aliphatic carbocycles. The number of aromatic nitrogens is 4. The van der Waals surface area contributed by atoms with E-state index in [1.165, 1.54) is 4.68 Å². The van der Waals surface area contributed by atoms with Gasteiger partial charge < -0.3 is 10.3 Å². The molecule has 0 fully saturated rings. The predicted octanol–water partition coefficient (Wildman–Crippen LogP) is 4.26. The van der Waals surface area contributed by atoms with Gasteiger partial charge in [0.15, 0.2) is 0 Å². The average Bonchev–Trinajstić information content (AvgIpc) is 3.41. The van der Waals surface area contributed by atoms with Gasteiger partial charge in [0.1, 0.15) is 17.3 Å². The first-order valence-corrected chi connectivity index (χ1v) is 9.96. The number of nitriles is 1. The van der Waals surface area contributed by atoms with Crippen molar-refractivity contribution in [3.8, 4) is 6.07 Å². The van der Waals surface area contributed by atoms with E-state index in [1.807, 2.05) is 24.5 Å². The lowest BCUT2D eigenvalue weighted by molar-refractivity contribution is 0.102. The van der Waals surface area contributed by atoms with Crippen LogP contribution in [0.15, 0.2) is 65.8 Å². The molecule has 7 nitrogen and oxygen atoms in total. The molecule has 8 heteroatoms. The fraction of sp³-hybridized carbons (Fsp3) is 0.0476. The lowest BCUT2D eigenvalue weighted by atomic mass is 10.2. The summed E-state index contributed by atoms with van der Waals surface area (Å²) >= 11 is 1.62. The molecule has 2 N–H and O–H groups in total. The van der Waals surface area contributed by atoms with Crippen LogP contribution in [0.4, 0.5) is 5.69 Å². The molecule has 0 atom stereocenters. The summed E-state index contributed by atoms with van der Waals surface area (Å²) in [6, 6.07) is 16.7. The maximum atomic E-state index is 12.6. The van der Waals surface area contributed by atoms with Gasteiger partial charge in [-0.25, -0.2) is 4.68 Å². The molecule has 0 spiro atoms. The number of amides is 1. The SMILES string of the molecule is CSc1ccc(C(=O)Nc2ccc3nnn(/C(C#N)=C/c4cc[nH]c4)c3c2)cc1. The summed E-state index contributed by atoms with van der Waals surface area (Å²) in [5.41, 5.74) is 3.59. The van der Waals surface area contributed by atoms with Crippen LogP contribution in [-0.4, -0.2) is 32.1 Å². The summed E-state index contributed by atoms with van der Waals surface area (Å²) in [5.74, 6) is -0.209. The summed E-state index contributed by atoms with van der Waals surface area (Å²) in [4.78, 5) is 16.6. The molecular weight excluding hydrogens is 384 g/mol. The number of anilines is 1. The third-order valence-electron chi connectivity index (χ3n) is 4.32. The van der Waals surface area contributed by atoms with E-state index < -0.39 is 0 Å². The molecule has 2 heterocycles. The number of thioether (sulfide) groups is 1. The van der Waals surface area contributed by atoms with Crippen LogP contribution in [0.3, 0.4) is 0 Å². The molecule has 29 heavy (non-hydrogen) atoms. The second-order valence-electron chi connectivity index (χ2n) is 6.17. The Labute approximate surface area is 171 Å². The predicted molar refractivity (Wildman–Crippen MR) is 114 cm³/mol. The molecule has 0 bridgehead atoms. The third-order valence-corrected chi connectivity index (χ3v) is 5.07. The smallest absolute Gasteiger partial charge is 0.255 e. The topological polar surface area (TPSA) is 99.4 Å². The molecule has 4 aromatic rings. The number of hydrogen-bond donors (Lipinski definition) is 2. The summed E-state index contributed by atoms with van der Waals surface area (Å²) in [6.45, 7) is 0. The van der Waals surface area contributed by atoms with E-state index >= 15 is 0 Å². The van der Waals surface area contributed by atoms with Gasteiger partial charge in [0, 0.05) is 28.5 Å². The number of nitrogens with zero attached hydrogens (tertiary/aromatic N) is 4. The molecule has 0 unspecified atom stereocenters. The highest BCUT2D eigenvalue weighted by atomic mass is 32.2. The summed E-state index contributed by atoms with van der Waals surface area (Å²) in [7, 11) is 0. The van der Waals surface area contributed by atoms with Crippen molar-refractivity contribution < 1.29 is 4.79 Å². The number of allylic oxidation sites excluding steroid dienone is 1. The van der Waals surface area contributed by atoms with Gasteiger partial charge in [-0.1, -0.05) is 5.21 Å². The number of carbonyl (C=O) groups is 1. The minimum absolute atomic E-state index is 0.209. The first-order chi connectivity index (χ1) is 14.2. The van der Waals surface area contributed by atoms with Gasteiger partial charge in [0.25, 0.3) is 5.91 Å². The molecule has 2 aromatic carbocycles. The fourth-order valence-corrected chi connectivity index (χ4v) is 3.25. The molecule has 0 radical (unpaired) electrons. The maximum Gasteiger partial charge on any atom is 0.255 e. The number of H-pyrrole nitrogens is 1. The Kier molecular flexibility index (Phi) is 5.14. The number of fused-ring (bicyclic) bond motifs is 1. The van der Waals surface area contributed by atoms with E-state index in [-0.39, 0.29) is 5.91 Å². The van der Waals surface area contributed by atoms with Crippen LogP contribution >= 0.6 is 11.8 Å². The number of carbonyl (C=O) groups excluding carboxylic acids is 1. The number of aromatic amines is 1. The molecule has 1 amide bonds. The molecule has 2 aromatic heterocycles. The van der Waals surface area contributed by atoms with E-state index in [0.717, 1.165) is 10.5 Å². The Bertz CT molecular complexity index is 1230. The van der Waals surface area contributed by atoms with E-state index in [0.29, 0.717) is 28.0 Å². The molecule has 0 saturated heterocycles. The highest BCUT2D eigenvalue weighted by molar-refractivity contribution is 7.98. The van der Waals surface area contributed by atoms with Crippen molar-refractivity contribution in [2.24, 2.45) is 0 Å². The van der Waals surface area contributed by atoms with Crippen LogP contribution in [0, 0.1) is 11.3 Å². The zero-order valence-electron chi connectivity index (χ0n) is 15.5. The van der Waals surface area contributed by atoms with Gasteiger partial charge in [-0.2, -0.15) is 5.26 Å². The zero-order valence-corrected chi connectivity index (χ0v) is 16.3. The van der Waals surface area contributed by atoms with E-state index in [4.69, 9.17) is 0 Å². The highest BCUT2D eigenvalue weighted by Crippen LogP contribution is 2.22. The lowest BCUT2D eigenvalue weighted by Crippen LogP contribution is -2.11. The second-order valence-corrected chi connectivity index (χ2v) is 7.05. The fourth-order valence-electron chi connectivity index (χ4n) is 2.85. The van der Waals surface area contributed by atoms with Gasteiger partial charge in [-0.3, -0.25) is 4.79 Å². The van der Waals surface area contributed by atoms with Gasteiger partial charge >= 0.3 is 0 Å². The van der Waals surface area contributed by atoms with E-state index in [1.54, 1.807) is 60.6 Å². The quantitative estimate of drug-likeness (QED) is 0.385. The van der Waals surface area contributed by atoms with Crippen LogP contribution in [0.1, 0.15) is 15.9 Å². The summed E-state index contributed by atoms with van der Waals surface area (Å²) in [5, 5.41) is 20.7. The molecule has 0 aliphatic rings. The minimum atomic E-state index is -0.209. The van der Waals surface area contributed by atoms with E-state index in [2.05, 4.69) is 26.7 Å². The van der Waals surface area contributed by atoms with Crippen LogP contribution in [0.5, 0.6) is 0 Å². The molecule has 4 rings (SSSR count). The van der Waals surface area contributed by atoms with E-state index in [9.17, 15) is 10.1 Å². The van der Waals surface area contributed by atoms with Crippen molar-refractivity contribution in [2.75, 3.05) is 11.6 Å².